The lowest BCUT2D eigenvalue weighted by molar-refractivity contribution is 0.425. The van der Waals surface area contributed by atoms with E-state index >= 15 is 0 Å². The first kappa shape index (κ1) is 16.9. The summed E-state index contributed by atoms with van der Waals surface area (Å²) < 4.78 is 9.08. The van der Waals surface area contributed by atoms with Crippen LogP contribution in [0, 0.1) is 6.92 Å². The van der Waals surface area contributed by atoms with Crippen LogP contribution in [-0.2, 0) is 7.05 Å². The van der Waals surface area contributed by atoms with Crippen LogP contribution in [0.5, 0.6) is 0 Å². The summed E-state index contributed by atoms with van der Waals surface area (Å²) in [7, 11) is 1.90. The Morgan fingerprint density at radius 1 is 1.23 bits per heavy atom. The molecule has 0 atom stereocenters. The summed E-state index contributed by atoms with van der Waals surface area (Å²) in [5.74, 6) is 2.83. The van der Waals surface area contributed by atoms with Crippen LogP contribution in [0.2, 0.25) is 0 Å². The van der Waals surface area contributed by atoms with Gasteiger partial charge in [0.05, 0.1) is 5.69 Å². The van der Waals surface area contributed by atoms with Gasteiger partial charge in [-0.05, 0) is 31.4 Å². The van der Waals surface area contributed by atoms with Crippen LogP contribution in [0.3, 0.4) is 0 Å². The summed E-state index contributed by atoms with van der Waals surface area (Å²) in [6, 6.07) is 2.23. The molecule has 5 heterocycles. The van der Waals surface area contributed by atoms with Gasteiger partial charge in [0.1, 0.15) is 5.52 Å². The molecule has 0 aromatic carbocycles. The van der Waals surface area contributed by atoms with Crippen molar-refractivity contribution in [2.24, 2.45) is 7.05 Å². The highest BCUT2D eigenvalue weighted by molar-refractivity contribution is 5.83. The molecule has 0 unspecified atom stereocenters. The molecule has 150 valence electrons. The first-order chi connectivity index (χ1) is 14.7. The number of imidazole rings is 1. The van der Waals surface area contributed by atoms with E-state index in [1.165, 1.54) is 0 Å². The number of fused-ring (bicyclic) bond motifs is 1. The summed E-state index contributed by atoms with van der Waals surface area (Å²) in [6.07, 6.45) is 9.44. The number of rotatable bonds is 5. The molecular weight excluding hydrogens is 384 g/mol. The number of hydrogen-bond acceptors (Lipinski definition) is 8. The minimum absolute atomic E-state index is 0.312. The van der Waals surface area contributed by atoms with E-state index in [-0.39, 0.29) is 0 Å². The first-order valence-corrected chi connectivity index (χ1v) is 9.65. The molecule has 1 aliphatic rings. The van der Waals surface area contributed by atoms with Crippen molar-refractivity contribution in [3.63, 3.8) is 0 Å². The molecule has 30 heavy (non-hydrogen) atoms. The minimum Gasteiger partial charge on any atom is -0.331 e. The van der Waals surface area contributed by atoms with E-state index in [9.17, 15) is 0 Å². The van der Waals surface area contributed by atoms with Crippen LogP contribution in [-0.4, -0.2) is 44.5 Å². The zero-order chi connectivity index (χ0) is 20.2. The van der Waals surface area contributed by atoms with Crippen molar-refractivity contribution in [1.82, 2.24) is 44.5 Å². The minimum atomic E-state index is 0.312. The molecule has 0 spiro atoms. The van der Waals surface area contributed by atoms with E-state index in [0.717, 1.165) is 41.0 Å². The third kappa shape index (κ3) is 2.66. The molecule has 6 rings (SSSR count). The highest BCUT2D eigenvalue weighted by atomic mass is 16.5. The van der Waals surface area contributed by atoms with Gasteiger partial charge in [0.2, 0.25) is 5.82 Å². The van der Waals surface area contributed by atoms with Gasteiger partial charge in [-0.2, -0.15) is 10.1 Å². The fourth-order valence-electron chi connectivity index (χ4n) is 3.57. The quantitative estimate of drug-likeness (QED) is 0.459. The molecular formula is C19H18N10O. The van der Waals surface area contributed by atoms with Gasteiger partial charge >= 0.3 is 6.01 Å². The first-order valence-electron chi connectivity index (χ1n) is 9.65. The SMILES string of the molecule is Cc1c(-c2ccn[nH]2)cn2nc(-c3nccn3C)nc(Nc3nc(C4CC4)no3)c12. The predicted molar refractivity (Wildman–Crippen MR) is 107 cm³/mol. The van der Waals surface area contributed by atoms with Crippen molar-refractivity contribution in [3.8, 4) is 22.9 Å². The Morgan fingerprint density at radius 2 is 2.13 bits per heavy atom. The van der Waals surface area contributed by atoms with Crippen molar-refractivity contribution < 1.29 is 4.52 Å². The highest BCUT2D eigenvalue weighted by Crippen LogP contribution is 2.39. The second-order valence-electron chi connectivity index (χ2n) is 7.43. The van der Waals surface area contributed by atoms with Crippen molar-refractivity contribution in [2.75, 3.05) is 5.32 Å². The monoisotopic (exact) mass is 402 g/mol. The van der Waals surface area contributed by atoms with Crippen molar-refractivity contribution >= 4 is 17.3 Å². The third-order valence-corrected chi connectivity index (χ3v) is 5.31. The van der Waals surface area contributed by atoms with E-state index in [1.807, 2.05) is 37.0 Å². The predicted octanol–water partition coefficient (Wildman–Crippen LogP) is 2.83. The lowest BCUT2D eigenvalue weighted by atomic mass is 10.1. The van der Waals surface area contributed by atoms with Gasteiger partial charge in [-0.15, -0.1) is 5.10 Å². The van der Waals surface area contributed by atoms with Crippen LogP contribution in [0.1, 0.15) is 30.1 Å². The Labute approximate surface area is 170 Å². The molecule has 0 saturated heterocycles. The molecule has 0 amide bonds. The Balaban J connectivity index is 1.52. The van der Waals surface area contributed by atoms with Gasteiger partial charge in [-0.3, -0.25) is 10.4 Å². The second kappa shape index (κ2) is 6.24. The van der Waals surface area contributed by atoms with E-state index < -0.39 is 0 Å². The number of anilines is 2. The smallest absolute Gasteiger partial charge is 0.327 e. The summed E-state index contributed by atoms with van der Waals surface area (Å²) in [4.78, 5) is 13.6. The van der Waals surface area contributed by atoms with Crippen molar-refractivity contribution in [2.45, 2.75) is 25.7 Å². The molecule has 1 fully saturated rings. The number of nitrogens with zero attached hydrogens (tertiary/aromatic N) is 8. The summed E-state index contributed by atoms with van der Waals surface area (Å²) in [5, 5.41) is 19.0. The van der Waals surface area contributed by atoms with Gasteiger partial charge < -0.3 is 9.09 Å². The summed E-state index contributed by atoms with van der Waals surface area (Å²) >= 11 is 0. The molecule has 11 heteroatoms. The number of nitrogens with one attached hydrogen (secondary N) is 2. The van der Waals surface area contributed by atoms with E-state index in [1.54, 1.807) is 16.9 Å². The largest absolute Gasteiger partial charge is 0.331 e. The third-order valence-electron chi connectivity index (χ3n) is 5.31. The van der Waals surface area contributed by atoms with E-state index in [0.29, 0.717) is 29.4 Å². The average Bonchev–Trinajstić information content (AvgIpc) is 3.14. The molecule has 1 aliphatic carbocycles. The highest BCUT2D eigenvalue weighted by Gasteiger charge is 2.29. The Hall–Kier alpha value is -4.02. The van der Waals surface area contributed by atoms with Crippen LogP contribution in [0.4, 0.5) is 11.8 Å². The average molecular weight is 402 g/mol. The second-order valence-corrected chi connectivity index (χ2v) is 7.43. The van der Waals surface area contributed by atoms with Crippen molar-refractivity contribution in [3.05, 3.63) is 42.2 Å². The Kier molecular flexibility index (Phi) is 3.51. The topological polar surface area (TPSA) is 128 Å². The van der Waals surface area contributed by atoms with Gasteiger partial charge in [0.15, 0.2) is 17.5 Å². The standard InChI is InChI=1S/C19H18N10O/c1-10-12(13-5-6-21-25-13)9-29-14(10)16(22-17(26-29)18-20-7-8-28(18)2)24-19-23-15(27-30-19)11-3-4-11/h5-9,11H,3-4H2,1-2H3,(H,21,25)(H,22,23,24,26,27). The maximum Gasteiger partial charge on any atom is 0.327 e. The molecule has 1 saturated carbocycles. The maximum absolute atomic E-state index is 5.41. The fraction of sp³-hybridized carbons (Fsp3) is 0.263. The molecule has 5 aromatic heterocycles. The van der Waals surface area contributed by atoms with Crippen molar-refractivity contribution in [1.29, 1.82) is 0 Å². The summed E-state index contributed by atoms with van der Waals surface area (Å²) in [5.41, 5.74) is 3.68. The number of aromatic amines is 1. The van der Waals surface area contributed by atoms with Gasteiger partial charge in [0.25, 0.3) is 0 Å². The molecule has 11 nitrogen and oxygen atoms in total. The van der Waals surface area contributed by atoms with Crippen LogP contribution >= 0.6 is 0 Å². The number of aromatic nitrogens is 9. The van der Waals surface area contributed by atoms with Crippen LogP contribution < -0.4 is 5.32 Å². The molecule has 0 bridgehead atoms. The number of aryl methyl sites for hydroxylation is 2. The fourth-order valence-corrected chi connectivity index (χ4v) is 3.57. The Morgan fingerprint density at radius 3 is 2.87 bits per heavy atom. The van der Waals surface area contributed by atoms with Gasteiger partial charge in [-0.1, -0.05) is 5.16 Å². The number of H-pyrrole nitrogens is 1. The molecule has 0 aliphatic heterocycles. The lowest BCUT2D eigenvalue weighted by Crippen LogP contribution is -2.06. The molecule has 0 radical (unpaired) electrons. The normalized spacial score (nSPS) is 13.9. The maximum atomic E-state index is 5.41. The lowest BCUT2D eigenvalue weighted by Gasteiger charge is -2.08. The van der Waals surface area contributed by atoms with E-state index in [4.69, 9.17) is 14.6 Å². The van der Waals surface area contributed by atoms with E-state index in [2.05, 4.69) is 30.6 Å². The number of hydrogen-bond donors (Lipinski definition) is 2. The van der Waals surface area contributed by atoms with Crippen LogP contribution in [0.15, 0.2) is 35.4 Å². The summed E-state index contributed by atoms with van der Waals surface area (Å²) in [6.45, 7) is 2.02. The zero-order valence-electron chi connectivity index (χ0n) is 16.4. The van der Waals surface area contributed by atoms with Gasteiger partial charge in [-0.25, -0.2) is 14.5 Å². The molecule has 2 N–H and O–H groups in total. The van der Waals surface area contributed by atoms with Gasteiger partial charge in [0, 0.05) is 43.3 Å². The van der Waals surface area contributed by atoms with Crippen LogP contribution in [0.25, 0.3) is 28.4 Å². The zero-order valence-corrected chi connectivity index (χ0v) is 16.4. The Bertz CT molecular complexity index is 1360. The molecule has 5 aromatic rings.